The molecule has 4 nitrogen and oxygen atoms in total. The van der Waals surface area contributed by atoms with Crippen molar-refractivity contribution in [1.29, 1.82) is 0 Å². The second kappa shape index (κ2) is 5.87. The highest BCUT2D eigenvalue weighted by atomic mass is 15.1. The first-order valence-electron chi connectivity index (χ1n) is 7.20. The first-order chi connectivity index (χ1) is 8.99. The molecule has 1 heterocycles. The van der Waals surface area contributed by atoms with Gasteiger partial charge >= 0.3 is 0 Å². The van der Waals surface area contributed by atoms with Crippen LogP contribution in [-0.2, 0) is 0 Å². The first-order valence-corrected chi connectivity index (χ1v) is 7.20. The Morgan fingerprint density at radius 2 is 1.74 bits per heavy atom. The Morgan fingerprint density at radius 1 is 1.16 bits per heavy atom. The van der Waals surface area contributed by atoms with Crippen LogP contribution in [0.3, 0.4) is 0 Å². The highest BCUT2D eigenvalue weighted by Gasteiger charge is 2.34. The van der Waals surface area contributed by atoms with Crippen LogP contribution in [0.15, 0.2) is 6.07 Å². The molecule has 1 fully saturated rings. The molecular formula is C15H26N4. The zero-order valence-electron chi connectivity index (χ0n) is 12.7. The Bertz CT molecular complexity index is 402. The van der Waals surface area contributed by atoms with Crippen LogP contribution in [0.5, 0.6) is 0 Å². The number of anilines is 1. The lowest BCUT2D eigenvalue weighted by Crippen LogP contribution is -2.37. The normalized spacial score (nSPS) is 17.9. The minimum Gasteiger partial charge on any atom is -0.354 e. The van der Waals surface area contributed by atoms with E-state index in [0.717, 1.165) is 30.4 Å². The van der Waals surface area contributed by atoms with E-state index in [2.05, 4.69) is 34.3 Å². The van der Waals surface area contributed by atoms with Crippen molar-refractivity contribution in [2.45, 2.75) is 39.5 Å². The fraction of sp³-hybridized carbons (Fsp3) is 0.733. The first kappa shape index (κ1) is 14.3. The standard InChI is InChI=1S/C15H26N4/c1-12-9-13(2)18-14(17-12)16-10-15(11-19(3)4)7-5-6-8-15/h9H,5-8,10-11H2,1-4H3,(H,16,17,18). The minimum absolute atomic E-state index is 0.393. The molecule has 0 spiro atoms. The highest BCUT2D eigenvalue weighted by Crippen LogP contribution is 2.38. The molecule has 1 N–H and O–H groups in total. The quantitative estimate of drug-likeness (QED) is 0.885. The van der Waals surface area contributed by atoms with Gasteiger partial charge in [-0.25, -0.2) is 9.97 Å². The van der Waals surface area contributed by atoms with Gasteiger partial charge in [0.2, 0.25) is 5.95 Å². The maximum Gasteiger partial charge on any atom is 0.223 e. The number of hydrogen-bond acceptors (Lipinski definition) is 4. The summed E-state index contributed by atoms with van der Waals surface area (Å²) in [7, 11) is 4.32. The predicted octanol–water partition coefficient (Wildman–Crippen LogP) is 2.63. The van der Waals surface area contributed by atoms with Crippen molar-refractivity contribution in [3.8, 4) is 0 Å². The summed E-state index contributed by atoms with van der Waals surface area (Å²) in [5, 5.41) is 3.47. The Morgan fingerprint density at radius 3 is 2.26 bits per heavy atom. The van der Waals surface area contributed by atoms with E-state index in [1.54, 1.807) is 0 Å². The van der Waals surface area contributed by atoms with Crippen molar-refractivity contribution in [2.75, 3.05) is 32.5 Å². The third kappa shape index (κ3) is 3.90. The van der Waals surface area contributed by atoms with Gasteiger partial charge in [0.15, 0.2) is 0 Å². The molecular weight excluding hydrogens is 236 g/mol. The zero-order chi connectivity index (χ0) is 13.9. The van der Waals surface area contributed by atoms with Crippen LogP contribution >= 0.6 is 0 Å². The van der Waals surface area contributed by atoms with E-state index in [9.17, 15) is 0 Å². The van der Waals surface area contributed by atoms with Crippen LogP contribution in [-0.4, -0.2) is 42.1 Å². The van der Waals surface area contributed by atoms with E-state index >= 15 is 0 Å². The maximum absolute atomic E-state index is 4.47. The van der Waals surface area contributed by atoms with E-state index in [1.807, 2.05) is 19.9 Å². The molecule has 4 heteroatoms. The number of hydrogen-bond donors (Lipinski definition) is 1. The van der Waals surface area contributed by atoms with Gasteiger partial charge in [-0.05, 0) is 46.9 Å². The molecule has 0 bridgehead atoms. The molecule has 19 heavy (non-hydrogen) atoms. The van der Waals surface area contributed by atoms with Crippen LogP contribution in [0.1, 0.15) is 37.1 Å². The molecule has 1 aliphatic rings. The van der Waals surface area contributed by atoms with Crippen LogP contribution in [0, 0.1) is 19.3 Å². The number of aromatic nitrogens is 2. The van der Waals surface area contributed by atoms with Crippen molar-refractivity contribution in [1.82, 2.24) is 14.9 Å². The second-order valence-corrected chi connectivity index (χ2v) is 6.27. The summed E-state index contributed by atoms with van der Waals surface area (Å²) in [4.78, 5) is 11.2. The smallest absolute Gasteiger partial charge is 0.223 e. The van der Waals surface area contributed by atoms with Gasteiger partial charge < -0.3 is 10.2 Å². The maximum atomic E-state index is 4.47. The molecule has 0 amide bonds. The van der Waals surface area contributed by atoms with Crippen molar-refractivity contribution < 1.29 is 0 Å². The molecule has 0 aliphatic heterocycles. The summed E-state index contributed by atoms with van der Waals surface area (Å²) in [6.45, 7) is 6.16. The molecule has 1 aromatic heterocycles. The Kier molecular flexibility index (Phi) is 4.40. The monoisotopic (exact) mass is 262 g/mol. The molecule has 1 aliphatic carbocycles. The Labute approximate surface area is 116 Å². The third-order valence-corrected chi connectivity index (χ3v) is 3.92. The van der Waals surface area contributed by atoms with Crippen molar-refractivity contribution in [3.63, 3.8) is 0 Å². The predicted molar refractivity (Wildman–Crippen MR) is 79.5 cm³/mol. The van der Waals surface area contributed by atoms with Gasteiger partial charge in [0, 0.05) is 29.9 Å². The molecule has 0 unspecified atom stereocenters. The van der Waals surface area contributed by atoms with Crippen molar-refractivity contribution >= 4 is 5.95 Å². The number of rotatable bonds is 5. The fourth-order valence-corrected chi connectivity index (χ4v) is 3.26. The fourth-order valence-electron chi connectivity index (χ4n) is 3.26. The van der Waals surface area contributed by atoms with Gasteiger partial charge in [0.25, 0.3) is 0 Å². The van der Waals surface area contributed by atoms with Gasteiger partial charge in [0.1, 0.15) is 0 Å². The number of aryl methyl sites for hydroxylation is 2. The van der Waals surface area contributed by atoms with Gasteiger partial charge in [-0.2, -0.15) is 0 Å². The molecule has 0 saturated heterocycles. The van der Waals surface area contributed by atoms with Gasteiger partial charge in [-0.1, -0.05) is 12.8 Å². The van der Waals surface area contributed by atoms with Crippen LogP contribution < -0.4 is 5.32 Å². The molecule has 0 radical (unpaired) electrons. The lowest BCUT2D eigenvalue weighted by Gasteiger charge is -2.32. The minimum atomic E-state index is 0.393. The van der Waals surface area contributed by atoms with Crippen molar-refractivity contribution in [3.05, 3.63) is 17.5 Å². The zero-order valence-corrected chi connectivity index (χ0v) is 12.7. The lowest BCUT2D eigenvalue weighted by atomic mass is 9.85. The van der Waals surface area contributed by atoms with Crippen molar-refractivity contribution in [2.24, 2.45) is 5.41 Å². The van der Waals surface area contributed by atoms with Crippen LogP contribution in [0.2, 0.25) is 0 Å². The summed E-state index contributed by atoms with van der Waals surface area (Å²) >= 11 is 0. The van der Waals surface area contributed by atoms with Gasteiger partial charge in [-0.3, -0.25) is 0 Å². The summed E-state index contributed by atoms with van der Waals surface area (Å²) in [5.74, 6) is 0.780. The average molecular weight is 262 g/mol. The summed E-state index contributed by atoms with van der Waals surface area (Å²) < 4.78 is 0. The topological polar surface area (TPSA) is 41.1 Å². The van der Waals surface area contributed by atoms with E-state index in [1.165, 1.54) is 25.7 Å². The molecule has 1 saturated carbocycles. The van der Waals surface area contributed by atoms with E-state index < -0.39 is 0 Å². The summed E-state index contributed by atoms with van der Waals surface area (Å²) in [6.07, 6.45) is 5.32. The lowest BCUT2D eigenvalue weighted by molar-refractivity contribution is 0.215. The largest absolute Gasteiger partial charge is 0.354 e. The SMILES string of the molecule is Cc1cc(C)nc(NCC2(CN(C)C)CCCC2)n1. The average Bonchev–Trinajstić information content (AvgIpc) is 2.73. The molecule has 0 aromatic carbocycles. The molecule has 0 atom stereocenters. The summed E-state index contributed by atoms with van der Waals surface area (Å²) in [5.41, 5.74) is 2.45. The van der Waals surface area contributed by atoms with E-state index in [-0.39, 0.29) is 0 Å². The van der Waals surface area contributed by atoms with Gasteiger partial charge in [-0.15, -0.1) is 0 Å². The van der Waals surface area contributed by atoms with E-state index in [0.29, 0.717) is 5.41 Å². The summed E-state index contributed by atoms with van der Waals surface area (Å²) in [6, 6.07) is 2.01. The molecule has 2 rings (SSSR count). The van der Waals surface area contributed by atoms with Gasteiger partial charge in [0.05, 0.1) is 0 Å². The number of nitrogens with one attached hydrogen (secondary N) is 1. The highest BCUT2D eigenvalue weighted by molar-refractivity contribution is 5.28. The molecule has 1 aromatic rings. The third-order valence-electron chi connectivity index (χ3n) is 3.92. The number of nitrogens with zero attached hydrogens (tertiary/aromatic N) is 3. The molecule has 106 valence electrons. The second-order valence-electron chi connectivity index (χ2n) is 6.27. The van der Waals surface area contributed by atoms with E-state index in [4.69, 9.17) is 0 Å². The Hall–Kier alpha value is -1.16. The Balaban J connectivity index is 2.02. The van der Waals surface area contributed by atoms with Crippen LogP contribution in [0.4, 0.5) is 5.95 Å². The van der Waals surface area contributed by atoms with Crippen LogP contribution in [0.25, 0.3) is 0 Å².